The summed E-state index contributed by atoms with van der Waals surface area (Å²) in [5.74, 6) is -0.453. The molecule has 2 aromatic heterocycles. The number of H-pyrrole nitrogens is 1. The number of pyridine rings is 1. The highest BCUT2D eigenvalue weighted by atomic mass is 19.1. The van der Waals surface area contributed by atoms with Gasteiger partial charge in [0.05, 0.1) is 0 Å². The molecule has 0 fully saturated rings. The Morgan fingerprint density at radius 2 is 2.00 bits per heavy atom. The molecule has 2 heterocycles. The van der Waals surface area contributed by atoms with E-state index in [1.165, 1.54) is 6.07 Å². The molecule has 0 saturated carbocycles. The van der Waals surface area contributed by atoms with Crippen LogP contribution in [-0.4, -0.2) is 20.4 Å². The van der Waals surface area contributed by atoms with Gasteiger partial charge >= 0.3 is 0 Å². The first-order chi connectivity index (χ1) is 9.22. The molecule has 3 aromatic rings. The van der Waals surface area contributed by atoms with Gasteiger partial charge in [0.1, 0.15) is 11.0 Å². The van der Waals surface area contributed by atoms with Crippen molar-refractivity contribution in [3.8, 4) is 0 Å². The van der Waals surface area contributed by atoms with E-state index in [0.29, 0.717) is 12.2 Å². The Morgan fingerprint density at radius 3 is 2.84 bits per heavy atom. The van der Waals surface area contributed by atoms with Crippen LogP contribution in [0.5, 0.6) is 0 Å². The van der Waals surface area contributed by atoms with Crippen LogP contribution in [0.3, 0.4) is 0 Å². The second-order valence-corrected chi connectivity index (χ2v) is 4.26. The lowest BCUT2D eigenvalue weighted by Crippen LogP contribution is -2.03. The number of aryl methyl sites for hydroxylation is 1. The molecule has 0 bridgehead atoms. The van der Waals surface area contributed by atoms with Gasteiger partial charge in [-0.2, -0.15) is 19.8 Å². The van der Waals surface area contributed by atoms with E-state index in [1.807, 2.05) is 18.2 Å². The van der Waals surface area contributed by atoms with Crippen molar-refractivity contribution in [3.63, 3.8) is 0 Å². The summed E-state index contributed by atoms with van der Waals surface area (Å²) in [6.07, 6.45) is 0. The topological polar surface area (TPSA) is 66.5 Å². The number of aromatic nitrogens is 4. The number of halogens is 1. The molecule has 96 valence electrons. The monoisotopic (exact) mass is 257 g/mol. The van der Waals surface area contributed by atoms with Crippen molar-refractivity contribution in [1.29, 1.82) is 0 Å². The van der Waals surface area contributed by atoms with Crippen LogP contribution in [0.4, 0.5) is 10.1 Å². The average molecular weight is 257 g/mol. The summed E-state index contributed by atoms with van der Waals surface area (Å²) in [5.41, 5.74) is 4.21. The Balaban J connectivity index is 1.77. The van der Waals surface area contributed by atoms with Crippen LogP contribution >= 0.6 is 0 Å². The Kier molecular flexibility index (Phi) is 2.83. The standard InChI is InChI=1S/C13H12FN5/c1-8-9(2-5-13(14)16-8)7-15-10-3-4-11-12(6-10)18-19-17-11/h2-6,15H,7H2,1H3,(H,17,18,19). The molecule has 0 saturated heterocycles. The largest absolute Gasteiger partial charge is 0.381 e. The molecule has 3 rings (SSSR count). The molecule has 2 N–H and O–H groups in total. The Morgan fingerprint density at radius 1 is 1.16 bits per heavy atom. The maximum Gasteiger partial charge on any atom is 0.213 e. The van der Waals surface area contributed by atoms with E-state index in [1.54, 1.807) is 13.0 Å². The molecule has 0 aliphatic carbocycles. The summed E-state index contributed by atoms with van der Waals surface area (Å²) in [6.45, 7) is 2.38. The number of hydrogen-bond donors (Lipinski definition) is 2. The van der Waals surface area contributed by atoms with Crippen LogP contribution in [0, 0.1) is 12.9 Å². The van der Waals surface area contributed by atoms with Gasteiger partial charge in [-0.1, -0.05) is 6.07 Å². The highest BCUT2D eigenvalue weighted by Crippen LogP contribution is 2.16. The van der Waals surface area contributed by atoms with Gasteiger partial charge in [-0.3, -0.25) is 0 Å². The van der Waals surface area contributed by atoms with Gasteiger partial charge in [0, 0.05) is 17.9 Å². The van der Waals surface area contributed by atoms with Gasteiger partial charge in [-0.15, -0.1) is 0 Å². The van der Waals surface area contributed by atoms with Gasteiger partial charge in [-0.25, -0.2) is 4.98 Å². The summed E-state index contributed by atoms with van der Waals surface area (Å²) in [6, 6.07) is 8.82. The van der Waals surface area contributed by atoms with Crippen molar-refractivity contribution >= 4 is 16.7 Å². The Labute approximate surface area is 108 Å². The molecule has 0 aliphatic rings. The van der Waals surface area contributed by atoms with E-state index >= 15 is 0 Å². The minimum absolute atomic E-state index is 0.453. The number of anilines is 1. The number of fused-ring (bicyclic) bond motifs is 1. The normalized spacial score (nSPS) is 10.8. The summed E-state index contributed by atoms with van der Waals surface area (Å²) in [4.78, 5) is 3.79. The van der Waals surface area contributed by atoms with Crippen LogP contribution in [0.25, 0.3) is 11.0 Å². The van der Waals surface area contributed by atoms with Crippen molar-refractivity contribution in [2.45, 2.75) is 13.5 Å². The van der Waals surface area contributed by atoms with Crippen LogP contribution in [-0.2, 0) is 6.54 Å². The second-order valence-electron chi connectivity index (χ2n) is 4.26. The highest BCUT2D eigenvalue weighted by molar-refractivity contribution is 5.77. The lowest BCUT2D eigenvalue weighted by molar-refractivity contribution is 0.578. The van der Waals surface area contributed by atoms with Crippen molar-refractivity contribution in [2.24, 2.45) is 0 Å². The first-order valence-corrected chi connectivity index (χ1v) is 5.89. The van der Waals surface area contributed by atoms with Gasteiger partial charge in [0.25, 0.3) is 0 Å². The zero-order chi connectivity index (χ0) is 13.2. The fraction of sp³-hybridized carbons (Fsp3) is 0.154. The molecule has 1 aromatic carbocycles. The molecule has 0 spiro atoms. The maximum absolute atomic E-state index is 12.9. The fourth-order valence-electron chi connectivity index (χ4n) is 1.89. The Hall–Kier alpha value is -2.50. The number of benzene rings is 1. The third-order valence-corrected chi connectivity index (χ3v) is 2.96. The lowest BCUT2D eigenvalue weighted by atomic mass is 10.2. The number of nitrogens with one attached hydrogen (secondary N) is 2. The molecule has 0 unspecified atom stereocenters. The van der Waals surface area contributed by atoms with Crippen molar-refractivity contribution in [1.82, 2.24) is 20.4 Å². The molecule has 0 atom stereocenters. The summed E-state index contributed by atoms with van der Waals surface area (Å²) in [7, 11) is 0. The molecule has 0 amide bonds. The summed E-state index contributed by atoms with van der Waals surface area (Å²) < 4.78 is 12.9. The minimum Gasteiger partial charge on any atom is -0.381 e. The van der Waals surface area contributed by atoms with Crippen molar-refractivity contribution < 1.29 is 4.39 Å². The number of rotatable bonds is 3. The molecule has 6 heteroatoms. The minimum atomic E-state index is -0.453. The average Bonchev–Trinajstić information content (AvgIpc) is 2.85. The summed E-state index contributed by atoms with van der Waals surface area (Å²) >= 11 is 0. The van der Waals surface area contributed by atoms with E-state index in [9.17, 15) is 4.39 Å². The predicted octanol–water partition coefficient (Wildman–Crippen LogP) is 2.41. The van der Waals surface area contributed by atoms with Gasteiger partial charge in [-0.05, 0) is 36.8 Å². The fourth-order valence-corrected chi connectivity index (χ4v) is 1.89. The van der Waals surface area contributed by atoms with Crippen LogP contribution < -0.4 is 5.32 Å². The molecule has 5 nitrogen and oxygen atoms in total. The van der Waals surface area contributed by atoms with E-state index < -0.39 is 5.95 Å². The SMILES string of the molecule is Cc1nc(F)ccc1CNc1ccc2n[nH]nc2c1. The van der Waals surface area contributed by atoms with Crippen LogP contribution in [0.1, 0.15) is 11.3 Å². The first-order valence-electron chi connectivity index (χ1n) is 5.89. The first kappa shape index (κ1) is 11.6. The van der Waals surface area contributed by atoms with E-state index in [0.717, 1.165) is 22.3 Å². The van der Waals surface area contributed by atoms with Gasteiger partial charge < -0.3 is 5.32 Å². The van der Waals surface area contributed by atoms with Crippen LogP contribution in [0.2, 0.25) is 0 Å². The molecule has 19 heavy (non-hydrogen) atoms. The molecular formula is C13H12FN5. The zero-order valence-corrected chi connectivity index (χ0v) is 10.3. The number of nitrogens with zero attached hydrogens (tertiary/aromatic N) is 3. The van der Waals surface area contributed by atoms with E-state index in [2.05, 4.69) is 25.7 Å². The van der Waals surface area contributed by atoms with E-state index in [4.69, 9.17) is 0 Å². The lowest BCUT2D eigenvalue weighted by Gasteiger charge is -2.08. The van der Waals surface area contributed by atoms with E-state index in [-0.39, 0.29) is 0 Å². The van der Waals surface area contributed by atoms with Gasteiger partial charge in [0.2, 0.25) is 5.95 Å². The molecule has 0 aliphatic heterocycles. The third-order valence-electron chi connectivity index (χ3n) is 2.96. The second kappa shape index (κ2) is 4.64. The van der Waals surface area contributed by atoms with Crippen molar-refractivity contribution in [2.75, 3.05) is 5.32 Å². The quantitative estimate of drug-likeness (QED) is 0.707. The highest BCUT2D eigenvalue weighted by Gasteiger charge is 2.03. The third kappa shape index (κ3) is 2.37. The number of aromatic amines is 1. The predicted molar refractivity (Wildman–Crippen MR) is 70.1 cm³/mol. The maximum atomic E-state index is 12.9. The van der Waals surface area contributed by atoms with Crippen LogP contribution in [0.15, 0.2) is 30.3 Å². The zero-order valence-electron chi connectivity index (χ0n) is 10.3. The summed E-state index contributed by atoms with van der Waals surface area (Å²) in [5, 5.41) is 13.8. The smallest absolute Gasteiger partial charge is 0.213 e. The molecule has 0 radical (unpaired) electrons. The Bertz CT molecular complexity index is 722. The molecular weight excluding hydrogens is 245 g/mol. The van der Waals surface area contributed by atoms with Crippen molar-refractivity contribution in [3.05, 3.63) is 47.5 Å². The van der Waals surface area contributed by atoms with Gasteiger partial charge in [0.15, 0.2) is 0 Å². The number of hydrogen-bond acceptors (Lipinski definition) is 4.